The van der Waals surface area contributed by atoms with Gasteiger partial charge in [0.05, 0.1) is 5.52 Å². The smallest absolute Gasteiger partial charge is 0.305 e. The maximum absolute atomic E-state index is 12.1. The summed E-state index contributed by atoms with van der Waals surface area (Å²) in [5, 5.41) is 5.55. The topological polar surface area (TPSA) is 75.9 Å². The number of halogens is 1. The van der Waals surface area contributed by atoms with Crippen LogP contribution in [0.4, 0.5) is 0 Å². The summed E-state index contributed by atoms with van der Waals surface area (Å²) in [5.41, 5.74) is 1.54. The zero-order valence-corrected chi connectivity index (χ0v) is 11.4. The van der Waals surface area contributed by atoms with Gasteiger partial charge in [-0.05, 0) is 30.3 Å². The summed E-state index contributed by atoms with van der Waals surface area (Å²) in [6, 6.07) is 8.85. The number of rotatable bonds is 1. The Bertz CT molecular complexity index is 1020. The first-order valence-corrected chi connectivity index (χ1v) is 6.59. The van der Waals surface area contributed by atoms with Crippen LogP contribution in [0.3, 0.4) is 0 Å². The molecule has 21 heavy (non-hydrogen) atoms. The zero-order valence-electron chi connectivity index (χ0n) is 10.6. The summed E-state index contributed by atoms with van der Waals surface area (Å²) in [5.74, 6) is 0.445. The Morgan fingerprint density at radius 2 is 2.14 bits per heavy atom. The molecule has 6 nitrogen and oxygen atoms in total. The van der Waals surface area contributed by atoms with Gasteiger partial charge in [-0.1, -0.05) is 11.6 Å². The lowest BCUT2D eigenvalue weighted by Gasteiger charge is -1.99. The molecule has 0 unspecified atom stereocenters. The van der Waals surface area contributed by atoms with E-state index in [9.17, 15) is 4.79 Å². The highest BCUT2D eigenvalue weighted by Gasteiger charge is 2.12. The van der Waals surface area contributed by atoms with Crippen LogP contribution in [0.1, 0.15) is 0 Å². The van der Waals surface area contributed by atoms with E-state index in [0.29, 0.717) is 22.0 Å². The van der Waals surface area contributed by atoms with Crippen molar-refractivity contribution in [1.29, 1.82) is 0 Å². The van der Waals surface area contributed by atoms with E-state index in [2.05, 4.69) is 20.1 Å². The standard InChI is InChI=1S/C14H8ClN5O/c15-9-3-4-11-10(6-9)13-18-12(8-2-1-5-16-7-8)19-20(13)14(21)17-11/h1-7H,(H,17,21). The Morgan fingerprint density at radius 1 is 1.24 bits per heavy atom. The molecule has 102 valence electrons. The molecular weight excluding hydrogens is 290 g/mol. The van der Waals surface area contributed by atoms with Crippen molar-refractivity contribution < 1.29 is 0 Å². The average molecular weight is 298 g/mol. The van der Waals surface area contributed by atoms with Crippen LogP contribution in [-0.2, 0) is 0 Å². The number of nitrogens with zero attached hydrogens (tertiary/aromatic N) is 4. The van der Waals surface area contributed by atoms with Gasteiger partial charge >= 0.3 is 5.69 Å². The second-order valence-corrected chi connectivity index (χ2v) is 4.97. The molecule has 0 bridgehead atoms. The molecule has 4 rings (SSSR count). The van der Waals surface area contributed by atoms with Crippen molar-refractivity contribution in [3.8, 4) is 11.4 Å². The predicted molar refractivity (Wildman–Crippen MR) is 79.4 cm³/mol. The third-order valence-corrected chi connectivity index (χ3v) is 3.42. The van der Waals surface area contributed by atoms with Crippen LogP contribution >= 0.6 is 11.6 Å². The monoisotopic (exact) mass is 297 g/mol. The van der Waals surface area contributed by atoms with Gasteiger partial charge in [0.1, 0.15) is 0 Å². The predicted octanol–water partition coefficient (Wildman–Crippen LogP) is 2.29. The Labute approximate surface area is 123 Å². The Balaban J connectivity index is 2.11. The lowest BCUT2D eigenvalue weighted by molar-refractivity contribution is 0.885. The van der Waals surface area contributed by atoms with Crippen LogP contribution in [0.2, 0.25) is 5.02 Å². The molecule has 0 spiro atoms. The summed E-state index contributed by atoms with van der Waals surface area (Å²) >= 11 is 6.02. The first-order chi connectivity index (χ1) is 10.2. The molecule has 7 heteroatoms. The van der Waals surface area contributed by atoms with Gasteiger partial charge in [-0.2, -0.15) is 4.52 Å². The summed E-state index contributed by atoms with van der Waals surface area (Å²) < 4.78 is 1.24. The number of H-pyrrole nitrogens is 1. The molecule has 1 N–H and O–H groups in total. The third kappa shape index (κ3) is 1.88. The van der Waals surface area contributed by atoms with Crippen LogP contribution in [0.25, 0.3) is 27.9 Å². The van der Waals surface area contributed by atoms with Crippen LogP contribution in [0.5, 0.6) is 0 Å². The highest BCUT2D eigenvalue weighted by atomic mass is 35.5. The average Bonchev–Trinajstić information content (AvgIpc) is 2.95. The molecule has 0 atom stereocenters. The minimum Gasteiger partial charge on any atom is -0.305 e. The largest absolute Gasteiger partial charge is 0.348 e. The van der Waals surface area contributed by atoms with Gasteiger partial charge < -0.3 is 4.98 Å². The molecule has 3 heterocycles. The minimum absolute atomic E-state index is 0.345. The van der Waals surface area contributed by atoms with Crippen molar-refractivity contribution in [1.82, 2.24) is 24.6 Å². The van der Waals surface area contributed by atoms with Crippen LogP contribution in [-0.4, -0.2) is 24.6 Å². The van der Waals surface area contributed by atoms with Crippen molar-refractivity contribution in [3.05, 3.63) is 58.2 Å². The number of fused-ring (bicyclic) bond motifs is 3. The van der Waals surface area contributed by atoms with Gasteiger partial charge in [-0.3, -0.25) is 4.98 Å². The number of aromatic nitrogens is 5. The van der Waals surface area contributed by atoms with E-state index < -0.39 is 0 Å². The lowest BCUT2D eigenvalue weighted by atomic mass is 10.2. The van der Waals surface area contributed by atoms with Crippen molar-refractivity contribution >= 4 is 28.2 Å². The van der Waals surface area contributed by atoms with E-state index in [1.54, 1.807) is 36.7 Å². The van der Waals surface area contributed by atoms with Crippen molar-refractivity contribution in [3.63, 3.8) is 0 Å². The van der Waals surface area contributed by atoms with Gasteiger partial charge in [0.25, 0.3) is 0 Å². The molecular formula is C14H8ClN5O. The first kappa shape index (κ1) is 12.0. The van der Waals surface area contributed by atoms with Crippen LogP contribution in [0, 0.1) is 0 Å². The molecule has 3 aromatic heterocycles. The Hall–Kier alpha value is -2.73. The van der Waals surface area contributed by atoms with Gasteiger partial charge in [0.2, 0.25) is 0 Å². The Kier molecular flexibility index (Phi) is 2.52. The zero-order chi connectivity index (χ0) is 14.4. The van der Waals surface area contributed by atoms with Crippen LogP contribution < -0.4 is 5.69 Å². The maximum Gasteiger partial charge on any atom is 0.348 e. The lowest BCUT2D eigenvalue weighted by Crippen LogP contribution is -2.17. The molecule has 0 aliphatic carbocycles. The van der Waals surface area contributed by atoms with E-state index in [1.807, 2.05) is 6.07 Å². The molecule has 0 fully saturated rings. The van der Waals surface area contributed by atoms with E-state index in [1.165, 1.54) is 4.52 Å². The number of benzene rings is 1. The summed E-state index contributed by atoms with van der Waals surface area (Å²) in [7, 11) is 0. The molecule has 0 aliphatic rings. The fourth-order valence-electron chi connectivity index (χ4n) is 2.22. The van der Waals surface area contributed by atoms with Gasteiger partial charge in [-0.15, -0.1) is 5.10 Å². The van der Waals surface area contributed by atoms with Crippen molar-refractivity contribution in [2.45, 2.75) is 0 Å². The minimum atomic E-state index is -0.345. The second-order valence-electron chi connectivity index (χ2n) is 4.53. The number of aromatic amines is 1. The van der Waals surface area contributed by atoms with Crippen LogP contribution in [0.15, 0.2) is 47.5 Å². The van der Waals surface area contributed by atoms with Gasteiger partial charge in [0, 0.05) is 28.4 Å². The fraction of sp³-hybridized carbons (Fsp3) is 0. The van der Waals surface area contributed by atoms with Crippen molar-refractivity contribution in [2.75, 3.05) is 0 Å². The molecule has 4 aromatic rings. The highest BCUT2D eigenvalue weighted by molar-refractivity contribution is 6.31. The van der Waals surface area contributed by atoms with Gasteiger partial charge in [-0.25, -0.2) is 9.78 Å². The highest BCUT2D eigenvalue weighted by Crippen LogP contribution is 2.22. The van der Waals surface area contributed by atoms with Crippen molar-refractivity contribution in [2.24, 2.45) is 0 Å². The van der Waals surface area contributed by atoms with E-state index in [0.717, 1.165) is 10.9 Å². The quantitative estimate of drug-likeness (QED) is 0.585. The number of nitrogens with one attached hydrogen (secondary N) is 1. The van der Waals surface area contributed by atoms with E-state index in [-0.39, 0.29) is 5.69 Å². The fourth-order valence-corrected chi connectivity index (χ4v) is 2.40. The number of hydrogen-bond donors (Lipinski definition) is 1. The second kappa shape index (κ2) is 4.39. The summed E-state index contributed by atoms with van der Waals surface area (Å²) in [6.45, 7) is 0. The number of pyridine rings is 1. The normalized spacial score (nSPS) is 11.3. The number of hydrogen-bond acceptors (Lipinski definition) is 4. The molecule has 0 radical (unpaired) electrons. The Morgan fingerprint density at radius 3 is 2.95 bits per heavy atom. The molecule has 0 aliphatic heterocycles. The third-order valence-electron chi connectivity index (χ3n) is 3.18. The maximum atomic E-state index is 12.1. The van der Waals surface area contributed by atoms with E-state index in [4.69, 9.17) is 11.6 Å². The van der Waals surface area contributed by atoms with Gasteiger partial charge in [0.15, 0.2) is 11.5 Å². The molecule has 1 aromatic carbocycles. The summed E-state index contributed by atoms with van der Waals surface area (Å²) in [4.78, 5) is 23.3. The molecule has 0 amide bonds. The summed E-state index contributed by atoms with van der Waals surface area (Å²) in [6.07, 6.45) is 3.32. The SMILES string of the molecule is O=c1[nH]c2ccc(Cl)cc2c2nc(-c3cccnc3)nn12. The molecule has 0 saturated heterocycles. The first-order valence-electron chi connectivity index (χ1n) is 6.21. The van der Waals surface area contributed by atoms with E-state index >= 15 is 0 Å². The molecule has 0 saturated carbocycles.